The summed E-state index contributed by atoms with van der Waals surface area (Å²) >= 11 is 0. The largest absolute Gasteiger partial charge is 0.476 e. The van der Waals surface area contributed by atoms with Gasteiger partial charge in [0.1, 0.15) is 17.0 Å². The van der Waals surface area contributed by atoms with Crippen LogP contribution in [-0.2, 0) is 9.53 Å². The van der Waals surface area contributed by atoms with Crippen molar-refractivity contribution in [2.75, 3.05) is 0 Å². The number of nitrogens with one attached hydrogen (secondary N) is 1. The smallest absolute Gasteiger partial charge is 0.203 e. The number of rotatable bonds is 1. The van der Waals surface area contributed by atoms with Crippen molar-refractivity contribution in [3.8, 4) is 0 Å². The first-order valence-corrected chi connectivity index (χ1v) is 10.2. The minimum atomic E-state index is -0.411. The number of nitrogens with two attached hydrogens (primary N) is 1. The molecule has 0 amide bonds. The molecule has 3 aliphatic rings. The van der Waals surface area contributed by atoms with Gasteiger partial charge in [-0.2, -0.15) is 0 Å². The van der Waals surface area contributed by atoms with E-state index >= 15 is 0 Å². The number of carbonyl (C=O) groups excluding carboxylic acids is 1. The number of ketones is 1. The van der Waals surface area contributed by atoms with E-state index in [1.165, 1.54) is 0 Å². The highest BCUT2D eigenvalue weighted by molar-refractivity contribution is 6.03. The van der Waals surface area contributed by atoms with Crippen molar-refractivity contribution < 1.29 is 13.9 Å². The van der Waals surface area contributed by atoms with Crippen molar-refractivity contribution in [1.82, 2.24) is 5.32 Å². The molecule has 0 saturated carbocycles. The average molecular weight is 423 g/mol. The van der Waals surface area contributed by atoms with Gasteiger partial charge >= 0.3 is 0 Å². The minimum absolute atomic E-state index is 0.127. The fourth-order valence-electron chi connectivity index (χ4n) is 4.16. The predicted octanol–water partition coefficient (Wildman–Crippen LogP) is 3.49. The number of Topliss-reactive ketones (excluding diaryl/α,β-unsaturated/α-hetero) is 1. The number of allylic oxidation sites excluding steroid dienone is 5. The molecule has 2 aromatic carbocycles. The Morgan fingerprint density at radius 3 is 2.78 bits per heavy atom. The highest BCUT2D eigenvalue weighted by Gasteiger charge is 2.31. The lowest BCUT2D eigenvalue weighted by molar-refractivity contribution is -0.119. The summed E-state index contributed by atoms with van der Waals surface area (Å²) in [5, 5.41) is 4.17. The third-order valence-electron chi connectivity index (χ3n) is 5.61. The number of para-hydroxylation sites is 1. The molecule has 7 nitrogen and oxygen atoms in total. The lowest BCUT2D eigenvalue weighted by Gasteiger charge is -2.30. The molecule has 3 N–H and O–H groups in total. The monoisotopic (exact) mass is 423 g/mol. The molecule has 0 bridgehead atoms. The molecule has 32 heavy (non-hydrogen) atoms. The van der Waals surface area contributed by atoms with Gasteiger partial charge in [-0.3, -0.25) is 9.59 Å². The van der Waals surface area contributed by atoms with Crippen molar-refractivity contribution in [2.24, 2.45) is 10.7 Å². The maximum absolute atomic E-state index is 13.1. The van der Waals surface area contributed by atoms with E-state index in [4.69, 9.17) is 14.9 Å². The summed E-state index contributed by atoms with van der Waals surface area (Å²) < 4.78 is 11.8. The van der Waals surface area contributed by atoms with Crippen LogP contribution in [0.15, 0.2) is 104 Å². The highest BCUT2D eigenvalue weighted by Crippen LogP contribution is 2.31. The average Bonchev–Trinajstić information content (AvgIpc) is 2.78. The number of amidine groups is 1. The molecule has 3 aromatic rings. The second-order valence-electron chi connectivity index (χ2n) is 7.80. The molecule has 2 aliphatic heterocycles. The van der Waals surface area contributed by atoms with Crippen molar-refractivity contribution >= 4 is 39.2 Å². The van der Waals surface area contributed by atoms with E-state index in [0.717, 1.165) is 5.70 Å². The van der Waals surface area contributed by atoms with Gasteiger partial charge in [0.25, 0.3) is 0 Å². The molecular weight excluding hydrogens is 406 g/mol. The summed E-state index contributed by atoms with van der Waals surface area (Å²) in [5.41, 5.74) is 9.13. The van der Waals surface area contributed by atoms with Crippen LogP contribution < -0.4 is 16.5 Å². The molecule has 156 valence electrons. The van der Waals surface area contributed by atoms with E-state index in [1.807, 2.05) is 18.2 Å². The van der Waals surface area contributed by atoms with Crippen LogP contribution in [0, 0.1) is 0 Å². The molecule has 0 fully saturated rings. The standard InChI is InChI=1S/C25H17N3O4/c26-14-10-13-11-17-20(32-25(13)18(29)12-14)8-9-22(28-17)27-16-5-3-7-21-23(16)24(30)15-4-1-2-6-19(15)31-21/h1-11,20H,12,26H2,(H,27,28). The molecule has 1 aromatic heterocycles. The van der Waals surface area contributed by atoms with Gasteiger partial charge in [-0.05, 0) is 48.6 Å². The number of fused-ring (bicyclic) bond motifs is 3. The zero-order valence-corrected chi connectivity index (χ0v) is 16.8. The summed E-state index contributed by atoms with van der Waals surface area (Å²) in [6, 6.07) is 12.5. The molecule has 0 saturated heterocycles. The van der Waals surface area contributed by atoms with Crippen LogP contribution in [0.4, 0.5) is 5.69 Å². The van der Waals surface area contributed by atoms with Gasteiger partial charge in [0.05, 0.1) is 28.6 Å². The number of nitrogens with zero attached hydrogens (tertiary/aromatic N) is 1. The van der Waals surface area contributed by atoms with E-state index in [1.54, 1.807) is 48.6 Å². The van der Waals surface area contributed by atoms with Gasteiger partial charge in [0, 0.05) is 11.3 Å². The van der Waals surface area contributed by atoms with Crippen LogP contribution in [0.25, 0.3) is 21.9 Å². The van der Waals surface area contributed by atoms with Crippen LogP contribution in [-0.4, -0.2) is 17.7 Å². The number of carbonyl (C=O) groups is 1. The normalized spacial score (nSPS) is 21.1. The molecule has 7 heteroatoms. The molecule has 3 heterocycles. The number of hydrogen-bond donors (Lipinski definition) is 2. The van der Waals surface area contributed by atoms with Gasteiger partial charge < -0.3 is 20.2 Å². The highest BCUT2D eigenvalue weighted by atomic mass is 16.5. The van der Waals surface area contributed by atoms with Crippen LogP contribution >= 0.6 is 0 Å². The topological polar surface area (TPSA) is 107 Å². The van der Waals surface area contributed by atoms with Crippen LogP contribution in [0.1, 0.15) is 6.42 Å². The Bertz CT molecular complexity index is 1550. The summed E-state index contributed by atoms with van der Waals surface area (Å²) in [6.07, 6.45) is 6.94. The number of hydrogen-bond acceptors (Lipinski definition) is 6. The van der Waals surface area contributed by atoms with E-state index < -0.39 is 6.10 Å². The molecule has 0 spiro atoms. The van der Waals surface area contributed by atoms with E-state index in [-0.39, 0.29) is 17.6 Å². The number of benzene rings is 2. The van der Waals surface area contributed by atoms with Crippen molar-refractivity contribution in [3.05, 3.63) is 99.7 Å². The summed E-state index contributed by atoms with van der Waals surface area (Å²) in [7, 11) is 0. The fraction of sp³-hybridized carbons (Fsp3) is 0.0800. The van der Waals surface area contributed by atoms with E-state index in [0.29, 0.717) is 50.5 Å². The first-order valence-electron chi connectivity index (χ1n) is 10.2. The quantitative estimate of drug-likeness (QED) is 0.581. The molecule has 1 aliphatic carbocycles. The van der Waals surface area contributed by atoms with Crippen molar-refractivity contribution in [1.29, 1.82) is 0 Å². The van der Waals surface area contributed by atoms with Gasteiger partial charge in [0.2, 0.25) is 11.2 Å². The summed E-state index contributed by atoms with van der Waals surface area (Å²) in [6.45, 7) is 0. The molecular formula is C25H17N3O4. The second-order valence-corrected chi connectivity index (χ2v) is 7.80. The molecule has 1 unspecified atom stereocenters. The predicted molar refractivity (Wildman–Crippen MR) is 121 cm³/mol. The van der Waals surface area contributed by atoms with Gasteiger partial charge in [0.15, 0.2) is 11.9 Å². The molecule has 6 rings (SSSR count). The van der Waals surface area contributed by atoms with Gasteiger partial charge in [-0.1, -0.05) is 18.2 Å². The van der Waals surface area contributed by atoms with Crippen molar-refractivity contribution in [3.63, 3.8) is 0 Å². The SMILES string of the molecule is NC1=CC2=C(OC3C=CC(=Nc4cccc5oc6ccccc6c(=O)c45)NC3=C2)C(=O)C1. The Morgan fingerprint density at radius 1 is 1.03 bits per heavy atom. The maximum atomic E-state index is 13.1. The van der Waals surface area contributed by atoms with Gasteiger partial charge in [-0.25, -0.2) is 4.99 Å². The van der Waals surface area contributed by atoms with Gasteiger partial charge in [-0.15, -0.1) is 0 Å². The Kier molecular flexibility index (Phi) is 3.91. The first-order chi connectivity index (χ1) is 15.6. The number of aliphatic imine (C=N–C) groups is 1. The van der Waals surface area contributed by atoms with Crippen LogP contribution in [0.3, 0.4) is 0 Å². The zero-order valence-electron chi connectivity index (χ0n) is 16.8. The maximum Gasteiger partial charge on any atom is 0.203 e. The van der Waals surface area contributed by atoms with Crippen LogP contribution in [0.5, 0.6) is 0 Å². The summed E-state index contributed by atoms with van der Waals surface area (Å²) in [4.78, 5) is 30.0. The second kappa shape index (κ2) is 6.81. The third-order valence-corrected chi connectivity index (χ3v) is 5.61. The third kappa shape index (κ3) is 2.86. The lowest BCUT2D eigenvalue weighted by atomic mass is 9.96. The Labute approximate surface area is 181 Å². The minimum Gasteiger partial charge on any atom is -0.476 e. The summed E-state index contributed by atoms with van der Waals surface area (Å²) in [5.74, 6) is 0.746. The Morgan fingerprint density at radius 2 is 1.88 bits per heavy atom. The van der Waals surface area contributed by atoms with E-state index in [2.05, 4.69) is 10.3 Å². The first kappa shape index (κ1) is 18.4. The van der Waals surface area contributed by atoms with Crippen LogP contribution in [0.2, 0.25) is 0 Å². The Balaban J connectivity index is 1.44. The fourth-order valence-corrected chi connectivity index (χ4v) is 4.16. The van der Waals surface area contributed by atoms with E-state index in [9.17, 15) is 9.59 Å². The zero-order chi connectivity index (χ0) is 21.8. The lowest BCUT2D eigenvalue weighted by Crippen LogP contribution is -2.37. The molecule has 0 radical (unpaired) electrons. The van der Waals surface area contributed by atoms with Crippen molar-refractivity contribution in [2.45, 2.75) is 12.5 Å². The molecule has 1 atom stereocenters. The number of ether oxygens (including phenoxy) is 1. The Hall–Kier alpha value is -4.39.